The Kier molecular flexibility index (Phi) is 5.91. The topological polar surface area (TPSA) is 35.2 Å². The summed E-state index contributed by atoms with van der Waals surface area (Å²) in [6.45, 7) is 1.51. The molecule has 2 nitrogen and oxygen atoms in total. The van der Waals surface area contributed by atoms with Crippen LogP contribution in [0.25, 0.3) is 0 Å². The standard InChI is InChI=1S/C12H18BrNO/c1-15-6-5-11(9-14)7-10-3-2-4-12(13)8-10/h2-4,8,11H,5-7,9,14H2,1H3. The molecule has 0 spiro atoms. The highest BCUT2D eigenvalue weighted by atomic mass is 79.9. The van der Waals surface area contributed by atoms with E-state index in [9.17, 15) is 0 Å². The molecular weight excluding hydrogens is 254 g/mol. The van der Waals surface area contributed by atoms with E-state index in [1.165, 1.54) is 5.56 Å². The summed E-state index contributed by atoms with van der Waals surface area (Å²) in [4.78, 5) is 0. The van der Waals surface area contributed by atoms with Crippen LogP contribution >= 0.6 is 15.9 Å². The molecule has 2 N–H and O–H groups in total. The lowest BCUT2D eigenvalue weighted by molar-refractivity contribution is 0.178. The summed E-state index contributed by atoms with van der Waals surface area (Å²) in [6, 6.07) is 8.38. The minimum Gasteiger partial charge on any atom is -0.385 e. The number of benzene rings is 1. The third-order valence-electron chi connectivity index (χ3n) is 2.48. The van der Waals surface area contributed by atoms with Crippen LogP contribution in [-0.2, 0) is 11.2 Å². The average molecular weight is 272 g/mol. The van der Waals surface area contributed by atoms with Crippen LogP contribution in [0.3, 0.4) is 0 Å². The predicted octanol–water partition coefficient (Wildman–Crippen LogP) is 2.60. The molecule has 0 aromatic heterocycles. The number of rotatable bonds is 6. The largest absolute Gasteiger partial charge is 0.385 e. The quantitative estimate of drug-likeness (QED) is 0.864. The summed E-state index contributed by atoms with van der Waals surface area (Å²) in [7, 11) is 1.73. The van der Waals surface area contributed by atoms with E-state index in [1.807, 2.05) is 6.07 Å². The Labute approximate surface area is 99.9 Å². The lowest BCUT2D eigenvalue weighted by Crippen LogP contribution is -2.18. The summed E-state index contributed by atoms with van der Waals surface area (Å²) < 4.78 is 6.20. The molecule has 0 saturated carbocycles. The summed E-state index contributed by atoms with van der Waals surface area (Å²) in [5.41, 5.74) is 7.06. The summed E-state index contributed by atoms with van der Waals surface area (Å²) >= 11 is 3.47. The molecule has 0 heterocycles. The van der Waals surface area contributed by atoms with Gasteiger partial charge in [-0.05, 0) is 43.0 Å². The average Bonchev–Trinajstić information content (AvgIpc) is 2.24. The van der Waals surface area contributed by atoms with E-state index in [2.05, 4.69) is 34.1 Å². The molecule has 0 aliphatic carbocycles. The molecule has 1 aromatic carbocycles. The number of halogens is 1. The third-order valence-corrected chi connectivity index (χ3v) is 2.97. The van der Waals surface area contributed by atoms with Gasteiger partial charge in [0, 0.05) is 18.2 Å². The second-order valence-electron chi connectivity index (χ2n) is 3.72. The molecule has 1 aromatic rings. The first-order valence-electron chi connectivity index (χ1n) is 5.19. The second kappa shape index (κ2) is 6.99. The monoisotopic (exact) mass is 271 g/mol. The van der Waals surface area contributed by atoms with Gasteiger partial charge in [-0.25, -0.2) is 0 Å². The fourth-order valence-electron chi connectivity index (χ4n) is 1.59. The normalized spacial score (nSPS) is 12.7. The van der Waals surface area contributed by atoms with Crippen molar-refractivity contribution >= 4 is 15.9 Å². The molecule has 84 valence electrons. The fraction of sp³-hybridized carbons (Fsp3) is 0.500. The summed E-state index contributed by atoms with van der Waals surface area (Å²) in [6.07, 6.45) is 2.05. The molecule has 1 unspecified atom stereocenters. The molecule has 3 heteroatoms. The van der Waals surface area contributed by atoms with Crippen LogP contribution in [0.5, 0.6) is 0 Å². The van der Waals surface area contributed by atoms with E-state index < -0.39 is 0 Å². The highest BCUT2D eigenvalue weighted by molar-refractivity contribution is 9.10. The van der Waals surface area contributed by atoms with E-state index in [-0.39, 0.29) is 0 Å². The van der Waals surface area contributed by atoms with Gasteiger partial charge in [0.05, 0.1) is 0 Å². The van der Waals surface area contributed by atoms with E-state index in [4.69, 9.17) is 10.5 Å². The maximum atomic E-state index is 5.73. The van der Waals surface area contributed by atoms with Gasteiger partial charge >= 0.3 is 0 Å². The highest BCUT2D eigenvalue weighted by Crippen LogP contribution is 2.16. The smallest absolute Gasteiger partial charge is 0.0465 e. The van der Waals surface area contributed by atoms with E-state index >= 15 is 0 Å². The zero-order chi connectivity index (χ0) is 11.1. The first kappa shape index (κ1) is 12.7. The van der Waals surface area contributed by atoms with Crippen molar-refractivity contribution < 1.29 is 4.74 Å². The molecule has 0 fully saturated rings. The predicted molar refractivity (Wildman–Crippen MR) is 66.9 cm³/mol. The van der Waals surface area contributed by atoms with Crippen molar-refractivity contribution in [2.45, 2.75) is 12.8 Å². The zero-order valence-electron chi connectivity index (χ0n) is 9.08. The Balaban J connectivity index is 2.50. The Hall–Kier alpha value is -0.380. The molecule has 0 saturated heterocycles. The van der Waals surface area contributed by atoms with Crippen LogP contribution in [0, 0.1) is 5.92 Å². The lowest BCUT2D eigenvalue weighted by atomic mass is 9.97. The SMILES string of the molecule is COCCC(CN)Cc1cccc(Br)c1. The van der Waals surface area contributed by atoms with Crippen molar-refractivity contribution in [2.24, 2.45) is 11.7 Å². The van der Waals surface area contributed by atoms with Crippen molar-refractivity contribution in [3.8, 4) is 0 Å². The fourth-order valence-corrected chi connectivity index (χ4v) is 2.03. The molecule has 1 atom stereocenters. The third kappa shape index (κ3) is 4.78. The van der Waals surface area contributed by atoms with Crippen LogP contribution in [0.4, 0.5) is 0 Å². The molecule has 0 bridgehead atoms. The van der Waals surface area contributed by atoms with Gasteiger partial charge < -0.3 is 10.5 Å². The molecular formula is C12H18BrNO. The highest BCUT2D eigenvalue weighted by Gasteiger charge is 2.07. The molecule has 0 radical (unpaired) electrons. The van der Waals surface area contributed by atoms with Gasteiger partial charge in [0.2, 0.25) is 0 Å². The Morgan fingerprint density at radius 1 is 1.47 bits per heavy atom. The van der Waals surface area contributed by atoms with Gasteiger partial charge in [0.1, 0.15) is 0 Å². The van der Waals surface area contributed by atoms with Gasteiger partial charge in [-0.15, -0.1) is 0 Å². The van der Waals surface area contributed by atoms with Gasteiger partial charge in [-0.1, -0.05) is 28.1 Å². The first-order chi connectivity index (χ1) is 7.26. The number of ether oxygens (including phenoxy) is 1. The van der Waals surface area contributed by atoms with Crippen molar-refractivity contribution in [1.29, 1.82) is 0 Å². The molecule has 0 amide bonds. The Morgan fingerprint density at radius 3 is 2.87 bits per heavy atom. The van der Waals surface area contributed by atoms with Gasteiger partial charge in [0.15, 0.2) is 0 Å². The number of hydrogen-bond donors (Lipinski definition) is 1. The summed E-state index contributed by atoms with van der Waals surface area (Å²) in [5, 5.41) is 0. The molecule has 15 heavy (non-hydrogen) atoms. The van der Waals surface area contributed by atoms with E-state index in [1.54, 1.807) is 7.11 Å². The minimum atomic E-state index is 0.513. The van der Waals surface area contributed by atoms with Crippen molar-refractivity contribution in [3.05, 3.63) is 34.3 Å². The second-order valence-corrected chi connectivity index (χ2v) is 4.63. The number of hydrogen-bond acceptors (Lipinski definition) is 2. The molecule has 0 aliphatic rings. The van der Waals surface area contributed by atoms with Crippen LogP contribution < -0.4 is 5.73 Å². The molecule has 0 aliphatic heterocycles. The van der Waals surface area contributed by atoms with E-state index in [0.29, 0.717) is 5.92 Å². The summed E-state index contributed by atoms with van der Waals surface area (Å²) in [5.74, 6) is 0.513. The lowest BCUT2D eigenvalue weighted by Gasteiger charge is -2.14. The maximum absolute atomic E-state index is 5.73. The zero-order valence-corrected chi connectivity index (χ0v) is 10.7. The maximum Gasteiger partial charge on any atom is 0.0465 e. The van der Waals surface area contributed by atoms with Crippen LogP contribution in [0.15, 0.2) is 28.7 Å². The Bertz CT molecular complexity index is 291. The van der Waals surface area contributed by atoms with Crippen molar-refractivity contribution in [1.82, 2.24) is 0 Å². The van der Waals surface area contributed by atoms with E-state index in [0.717, 1.165) is 30.5 Å². The van der Waals surface area contributed by atoms with Crippen LogP contribution in [0.1, 0.15) is 12.0 Å². The van der Waals surface area contributed by atoms with Gasteiger partial charge in [-0.2, -0.15) is 0 Å². The van der Waals surface area contributed by atoms with Crippen LogP contribution in [-0.4, -0.2) is 20.3 Å². The van der Waals surface area contributed by atoms with Gasteiger partial charge in [0.25, 0.3) is 0 Å². The Morgan fingerprint density at radius 2 is 2.27 bits per heavy atom. The number of methoxy groups -OCH3 is 1. The van der Waals surface area contributed by atoms with Crippen molar-refractivity contribution in [2.75, 3.05) is 20.3 Å². The first-order valence-corrected chi connectivity index (χ1v) is 5.99. The molecule has 1 rings (SSSR count). The van der Waals surface area contributed by atoms with Crippen LogP contribution in [0.2, 0.25) is 0 Å². The number of nitrogens with two attached hydrogens (primary N) is 1. The van der Waals surface area contributed by atoms with Gasteiger partial charge in [-0.3, -0.25) is 0 Å². The minimum absolute atomic E-state index is 0.513. The van der Waals surface area contributed by atoms with Crippen molar-refractivity contribution in [3.63, 3.8) is 0 Å².